The topological polar surface area (TPSA) is 46.2 Å². The van der Waals surface area contributed by atoms with Gasteiger partial charge in [0.25, 0.3) is 0 Å². The number of benzene rings is 1. The lowest BCUT2D eigenvalue weighted by molar-refractivity contribution is 0.469. The van der Waals surface area contributed by atoms with E-state index in [1.54, 1.807) is 24.3 Å². The molecule has 0 aromatic heterocycles. The molecule has 0 aliphatic rings. The summed E-state index contributed by atoms with van der Waals surface area (Å²) < 4.78 is 23.7. The molecule has 0 amide bonds. The van der Waals surface area contributed by atoms with Crippen molar-refractivity contribution in [1.29, 1.82) is 0 Å². The molecule has 1 N–H and O–H groups in total. The molecule has 4 heteroatoms. The van der Waals surface area contributed by atoms with Gasteiger partial charge < -0.3 is 0 Å². The second-order valence-corrected chi connectivity index (χ2v) is 6.99. The van der Waals surface area contributed by atoms with Crippen molar-refractivity contribution >= 4 is 15.7 Å². The van der Waals surface area contributed by atoms with Crippen molar-refractivity contribution in [3.63, 3.8) is 0 Å². The van der Waals surface area contributed by atoms with Crippen LogP contribution in [-0.2, 0) is 10.0 Å². The van der Waals surface area contributed by atoms with E-state index in [1.807, 2.05) is 6.07 Å². The SMILES string of the molecule is CC(C)(C)C.CS(=O)(=O)Nc1ccccc1. The largest absolute Gasteiger partial charge is 0.284 e. The zero-order chi connectivity index (χ0) is 12.8. The van der Waals surface area contributed by atoms with Gasteiger partial charge in [0.15, 0.2) is 0 Å². The van der Waals surface area contributed by atoms with Gasteiger partial charge in [-0.15, -0.1) is 0 Å². The van der Waals surface area contributed by atoms with Crippen LogP contribution in [0.25, 0.3) is 0 Å². The zero-order valence-corrected chi connectivity index (χ0v) is 11.4. The van der Waals surface area contributed by atoms with E-state index in [1.165, 1.54) is 0 Å². The second kappa shape index (κ2) is 5.89. The number of sulfonamides is 1. The van der Waals surface area contributed by atoms with E-state index in [-0.39, 0.29) is 0 Å². The third-order valence-corrected chi connectivity index (χ3v) is 1.68. The lowest BCUT2D eigenvalue weighted by Crippen LogP contribution is -2.08. The summed E-state index contributed by atoms with van der Waals surface area (Å²) in [5.41, 5.74) is 1.09. The van der Waals surface area contributed by atoms with Crippen LogP contribution in [0.2, 0.25) is 0 Å². The smallest absolute Gasteiger partial charge is 0.229 e. The monoisotopic (exact) mass is 243 g/mol. The van der Waals surface area contributed by atoms with Gasteiger partial charge in [-0.25, -0.2) is 8.42 Å². The molecule has 0 unspecified atom stereocenters. The summed E-state index contributed by atoms with van der Waals surface area (Å²) in [5, 5.41) is 0. The molecule has 0 heterocycles. The summed E-state index contributed by atoms with van der Waals surface area (Å²) in [6.07, 6.45) is 1.12. The van der Waals surface area contributed by atoms with Gasteiger partial charge in [0.05, 0.1) is 6.26 Å². The maximum Gasteiger partial charge on any atom is 0.229 e. The molecule has 0 aliphatic heterocycles. The minimum absolute atomic E-state index is 0.500. The summed E-state index contributed by atoms with van der Waals surface area (Å²) >= 11 is 0. The average molecular weight is 243 g/mol. The van der Waals surface area contributed by atoms with Crippen molar-refractivity contribution in [2.45, 2.75) is 27.7 Å². The minimum atomic E-state index is -3.13. The Morgan fingerprint density at radius 3 is 1.69 bits per heavy atom. The van der Waals surface area contributed by atoms with Crippen molar-refractivity contribution in [2.24, 2.45) is 5.41 Å². The quantitative estimate of drug-likeness (QED) is 0.867. The third-order valence-electron chi connectivity index (χ3n) is 1.08. The van der Waals surface area contributed by atoms with Crippen molar-refractivity contribution in [3.8, 4) is 0 Å². The molecule has 0 aliphatic carbocycles. The number of hydrogen-bond donors (Lipinski definition) is 1. The van der Waals surface area contributed by atoms with Gasteiger partial charge in [-0.3, -0.25) is 4.72 Å². The Hall–Kier alpha value is -1.03. The van der Waals surface area contributed by atoms with E-state index >= 15 is 0 Å². The maximum atomic E-state index is 10.7. The molecule has 16 heavy (non-hydrogen) atoms. The van der Waals surface area contributed by atoms with Crippen LogP contribution < -0.4 is 4.72 Å². The molecular formula is C12H21NO2S. The average Bonchev–Trinajstić information content (AvgIpc) is 1.99. The summed E-state index contributed by atoms with van der Waals surface area (Å²) in [6, 6.07) is 8.76. The van der Waals surface area contributed by atoms with Gasteiger partial charge >= 0.3 is 0 Å². The normalized spacial score (nSPS) is 11.3. The maximum absolute atomic E-state index is 10.7. The van der Waals surface area contributed by atoms with Gasteiger partial charge in [-0.05, 0) is 17.5 Å². The first-order chi connectivity index (χ1) is 7.08. The number of para-hydroxylation sites is 1. The Labute approximate surface area is 98.9 Å². The van der Waals surface area contributed by atoms with E-state index in [9.17, 15) is 8.42 Å². The van der Waals surface area contributed by atoms with Crippen LogP contribution in [0.15, 0.2) is 30.3 Å². The molecule has 0 bridgehead atoms. The first-order valence-electron chi connectivity index (χ1n) is 5.11. The van der Waals surface area contributed by atoms with Crippen LogP contribution >= 0.6 is 0 Å². The molecular weight excluding hydrogens is 222 g/mol. The van der Waals surface area contributed by atoms with Crippen LogP contribution in [0.5, 0.6) is 0 Å². The molecule has 92 valence electrons. The van der Waals surface area contributed by atoms with Gasteiger partial charge in [0, 0.05) is 5.69 Å². The predicted molar refractivity (Wildman–Crippen MR) is 70.0 cm³/mol. The first kappa shape index (κ1) is 15.0. The van der Waals surface area contributed by atoms with E-state index in [0.717, 1.165) is 6.26 Å². The molecule has 0 atom stereocenters. The molecule has 0 radical (unpaired) electrons. The molecule has 0 spiro atoms. The van der Waals surface area contributed by atoms with E-state index in [2.05, 4.69) is 32.4 Å². The van der Waals surface area contributed by atoms with Crippen LogP contribution in [0.1, 0.15) is 27.7 Å². The third kappa shape index (κ3) is 13.0. The Morgan fingerprint density at radius 1 is 1.00 bits per heavy atom. The van der Waals surface area contributed by atoms with Crippen molar-refractivity contribution in [3.05, 3.63) is 30.3 Å². The Morgan fingerprint density at radius 2 is 1.38 bits per heavy atom. The molecule has 1 aromatic rings. The lowest BCUT2D eigenvalue weighted by Gasteiger charge is -2.05. The molecule has 0 saturated heterocycles. The predicted octanol–water partition coefficient (Wildman–Crippen LogP) is 3.11. The summed E-state index contributed by atoms with van der Waals surface area (Å²) in [7, 11) is -3.13. The fourth-order valence-corrected chi connectivity index (χ4v) is 1.28. The highest BCUT2D eigenvalue weighted by molar-refractivity contribution is 7.92. The van der Waals surface area contributed by atoms with Crippen LogP contribution in [0, 0.1) is 5.41 Å². The molecule has 3 nitrogen and oxygen atoms in total. The van der Waals surface area contributed by atoms with Crippen LogP contribution in [0.3, 0.4) is 0 Å². The highest BCUT2D eigenvalue weighted by Crippen LogP contribution is 2.08. The van der Waals surface area contributed by atoms with E-state index < -0.39 is 10.0 Å². The highest BCUT2D eigenvalue weighted by Gasteiger charge is 1.98. The Kier molecular flexibility index (Phi) is 5.51. The zero-order valence-electron chi connectivity index (χ0n) is 10.6. The van der Waals surface area contributed by atoms with Crippen LogP contribution in [0.4, 0.5) is 5.69 Å². The fourth-order valence-electron chi connectivity index (χ4n) is 0.720. The minimum Gasteiger partial charge on any atom is -0.284 e. The first-order valence-corrected chi connectivity index (χ1v) is 7.00. The van der Waals surface area contributed by atoms with Crippen molar-refractivity contribution in [2.75, 3.05) is 11.0 Å². The summed E-state index contributed by atoms with van der Waals surface area (Å²) in [4.78, 5) is 0. The standard InChI is InChI=1S/C7H9NO2S.C5H12/c1-11(9,10)8-7-5-3-2-4-6-7;1-5(2,3)4/h2-6,8H,1H3;1-4H3. The molecule has 0 saturated carbocycles. The number of nitrogens with one attached hydrogen (secondary N) is 1. The molecule has 1 rings (SSSR count). The van der Waals surface area contributed by atoms with Crippen molar-refractivity contribution in [1.82, 2.24) is 0 Å². The van der Waals surface area contributed by atoms with E-state index in [4.69, 9.17) is 0 Å². The number of anilines is 1. The fraction of sp³-hybridized carbons (Fsp3) is 0.500. The Bertz CT molecular complexity index is 385. The van der Waals surface area contributed by atoms with Crippen molar-refractivity contribution < 1.29 is 8.42 Å². The van der Waals surface area contributed by atoms with Gasteiger partial charge in [-0.2, -0.15) is 0 Å². The van der Waals surface area contributed by atoms with Gasteiger partial charge in [-0.1, -0.05) is 45.9 Å². The van der Waals surface area contributed by atoms with Gasteiger partial charge in [0.2, 0.25) is 10.0 Å². The lowest BCUT2D eigenvalue weighted by atomic mass is 10.0. The van der Waals surface area contributed by atoms with E-state index in [0.29, 0.717) is 11.1 Å². The molecule has 0 fully saturated rings. The number of hydrogen-bond acceptors (Lipinski definition) is 2. The Balaban J connectivity index is 0.000000385. The highest BCUT2D eigenvalue weighted by atomic mass is 32.2. The molecule has 1 aromatic carbocycles. The van der Waals surface area contributed by atoms with Gasteiger partial charge in [0.1, 0.15) is 0 Å². The number of rotatable bonds is 2. The van der Waals surface area contributed by atoms with Crippen LogP contribution in [-0.4, -0.2) is 14.7 Å². The summed E-state index contributed by atoms with van der Waals surface area (Å²) in [6.45, 7) is 8.75. The summed E-state index contributed by atoms with van der Waals surface area (Å²) in [5.74, 6) is 0. The second-order valence-electron chi connectivity index (χ2n) is 5.24.